The molecule has 1 aromatic heterocycles. The van der Waals surface area contributed by atoms with E-state index in [2.05, 4.69) is 5.32 Å². The molecule has 0 radical (unpaired) electrons. The smallest absolute Gasteiger partial charge is 0.349 e. The third-order valence-corrected chi connectivity index (χ3v) is 5.76. The lowest BCUT2D eigenvalue weighted by molar-refractivity contribution is 0.0779. The lowest BCUT2D eigenvalue weighted by Crippen LogP contribution is -2.34. The van der Waals surface area contributed by atoms with E-state index in [9.17, 15) is 9.59 Å². The number of rotatable bonds is 2. The monoisotopic (exact) mass is 352 g/mol. The van der Waals surface area contributed by atoms with Gasteiger partial charge in [0.1, 0.15) is 11.3 Å². The van der Waals surface area contributed by atoms with Crippen molar-refractivity contribution in [3.05, 3.63) is 33.4 Å². The molecular weight excluding hydrogens is 328 g/mol. The fraction of sp³-hybridized carbons (Fsp3) is 0.667. The third kappa shape index (κ3) is 3.11. The summed E-state index contributed by atoms with van der Waals surface area (Å²) >= 11 is 0. The van der Waals surface area contributed by atoms with E-state index in [1.165, 1.54) is 12.8 Å². The first-order chi connectivity index (χ1) is 11.1. The minimum atomic E-state index is -0.465. The maximum absolute atomic E-state index is 12.7. The summed E-state index contributed by atoms with van der Waals surface area (Å²) in [5, 5.41) is 3.33. The number of carbonyl (C=O) groups excluding carboxylic acids is 1. The molecule has 1 unspecified atom stereocenters. The Morgan fingerprint density at radius 1 is 1.38 bits per heavy atom. The van der Waals surface area contributed by atoms with Crippen LogP contribution >= 0.6 is 12.4 Å². The quantitative estimate of drug-likeness (QED) is 0.888. The normalized spacial score (nSPS) is 24.7. The molecule has 1 atom stereocenters. The van der Waals surface area contributed by atoms with Crippen LogP contribution in [0.4, 0.5) is 0 Å². The van der Waals surface area contributed by atoms with Gasteiger partial charge in [-0.15, -0.1) is 12.4 Å². The summed E-state index contributed by atoms with van der Waals surface area (Å²) < 4.78 is 5.53. The first-order valence-corrected chi connectivity index (χ1v) is 8.73. The van der Waals surface area contributed by atoms with Gasteiger partial charge in [0.2, 0.25) is 0 Å². The Kier molecular flexibility index (Phi) is 4.76. The number of halogens is 1. The maximum Gasteiger partial charge on any atom is 0.349 e. The van der Waals surface area contributed by atoms with Gasteiger partial charge >= 0.3 is 5.63 Å². The number of nitrogens with zero attached hydrogens (tertiary/aromatic N) is 1. The summed E-state index contributed by atoms with van der Waals surface area (Å²) in [4.78, 5) is 27.0. The van der Waals surface area contributed by atoms with E-state index in [1.807, 2.05) is 17.9 Å². The molecule has 3 aliphatic rings. The zero-order valence-electron chi connectivity index (χ0n) is 14.1. The second-order valence-corrected chi connectivity index (χ2v) is 7.51. The highest BCUT2D eigenvalue weighted by atomic mass is 35.5. The minimum absolute atomic E-state index is 0. The molecule has 3 fully saturated rings. The van der Waals surface area contributed by atoms with Crippen LogP contribution in [0.2, 0.25) is 0 Å². The van der Waals surface area contributed by atoms with Gasteiger partial charge in [-0.2, -0.15) is 0 Å². The Labute approximate surface area is 148 Å². The van der Waals surface area contributed by atoms with Gasteiger partial charge in [0.05, 0.1) is 0 Å². The van der Waals surface area contributed by atoms with Crippen LogP contribution < -0.4 is 10.9 Å². The van der Waals surface area contributed by atoms with Crippen LogP contribution in [0.5, 0.6) is 0 Å². The highest BCUT2D eigenvalue weighted by molar-refractivity contribution is 5.95. The molecule has 1 N–H and O–H groups in total. The van der Waals surface area contributed by atoms with Crippen molar-refractivity contribution in [1.29, 1.82) is 0 Å². The Hall–Kier alpha value is -1.33. The molecule has 0 bridgehead atoms. The minimum Gasteiger partial charge on any atom is -0.427 e. The van der Waals surface area contributed by atoms with Crippen LogP contribution in [0.3, 0.4) is 0 Å². The van der Waals surface area contributed by atoms with Crippen LogP contribution in [-0.2, 0) is 0 Å². The number of likely N-dealkylation sites (tertiary alicyclic amines) is 1. The largest absolute Gasteiger partial charge is 0.427 e. The summed E-state index contributed by atoms with van der Waals surface area (Å²) in [7, 11) is 0. The highest BCUT2D eigenvalue weighted by Crippen LogP contribution is 2.52. The first-order valence-electron chi connectivity index (χ1n) is 8.73. The Morgan fingerprint density at radius 3 is 2.75 bits per heavy atom. The van der Waals surface area contributed by atoms with Crippen molar-refractivity contribution >= 4 is 18.3 Å². The molecule has 1 aromatic rings. The van der Waals surface area contributed by atoms with Gasteiger partial charge in [-0.25, -0.2) is 4.79 Å². The molecule has 1 spiro atoms. The van der Waals surface area contributed by atoms with Crippen molar-refractivity contribution in [2.75, 3.05) is 26.2 Å². The molecular formula is C18H25ClN2O3. The fourth-order valence-electron chi connectivity index (χ4n) is 4.04. The third-order valence-electron chi connectivity index (χ3n) is 5.76. The van der Waals surface area contributed by atoms with Crippen molar-refractivity contribution in [2.45, 2.75) is 44.9 Å². The van der Waals surface area contributed by atoms with Gasteiger partial charge in [0.25, 0.3) is 5.91 Å². The number of piperidine rings is 1. The zero-order chi connectivity index (χ0) is 16.0. The predicted molar refractivity (Wildman–Crippen MR) is 94.0 cm³/mol. The number of amides is 1. The molecule has 2 saturated heterocycles. The van der Waals surface area contributed by atoms with E-state index >= 15 is 0 Å². The molecule has 1 saturated carbocycles. The molecule has 1 amide bonds. The number of carbonyl (C=O) groups is 1. The van der Waals surface area contributed by atoms with Crippen molar-refractivity contribution < 1.29 is 9.21 Å². The summed E-state index contributed by atoms with van der Waals surface area (Å²) in [6, 6.07) is 1.90. The number of nitrogens with one attached hydrogen (secondary N) is 1. The molecule has 4 rings (SSSR count). The van der Waals surface area contributed by atoms with Gasteiger partial charge in [0.15, 0.2) is 0 Å². The van der Waals surface area contributed by atoms with Crippen LogP contribution in [0.15, 0.2) is 15.3 Å². The SMILES string of the molecule is Cc1cc(C2CCCNC2)oc(=O)c1C(=O)N1CCC2(CC2)C1.Cl. The topological polar surface area (TPSA) is 62.6 Å². The van der Waals surface area contributed by atoms with Gasteiger partial charge in [0, 0.05) is 25.6 Å². The molecule has 6 heteroatoms. The van der Waals surface area contributed by atoms with E-state index in [0.717, 1.165) is 56.8 Å². The second kappa shape index (κ2) is 6.52. The molecule has 132 valence electrons. The van der Waals surface area contributed by atoms with Crippen LogP contribution in [0, 0.1) is 12.3 Å². The molecule has 1 aliphatic carbocycles. The standard InChI is InChI=1S/C18H24N2O3.ClH/c1-12-9-14(13-3-2-7-19-10-13)23-17(22)15(12)16(21)20-8-6-18(11-20)4-5-18;/h9,13,19H,2-8,10-11H2,1H3;1H. The first kappa shape index (κ1) is 17.5. The molecule has 5 nitrogen and oxygen atoms in total. The van der Waals surface area contributed by atoms with Crippen molar-refractivity contribution in [1.82, 2.24) is 10.2 Å². The van der Waals surface area contributed by atoms with E-state index in [0.29, 0.717) is 5.41 Å². The van der Waals surface area contributed by atoms with E-state index in [-0.39, 0.29) is 29.8 Å². The number of aryl methyl sites for hydroxylation is 1. The van der Waals surface area contributed by atoms with E-state index < -0.39 is 5.63 Å². The molecule has 3 heterocycles. The molecule has 0 aromatic carbocycles. The van der Waals surface area contributed by atoms with Gasteiger partial charge < -0.3 is 14.6 Å². The maximum atomic E-state index is 12.7. The van der Waals surface area contributed by atoms with Crippen molar-refractivity contribution in [3.8, 4) is 0 Å². The summed E-state index contributed by atoms with van der Waals surface area (Å²) in [5.41, 5.74) is 0.892. The second-order valence-electron chi connectivity index (χ2n) is 7.51. The van der Waals surface area contributed by atoms with Gasteiger partial charge in [-0.3, -0.25) is 4.79 Å². The van der Waals surface area contributed by atoms with Crippen molar-refractivity contribution in [2.24, 2.45) is 5.41 Å². The fourth-order valence-corrected chi connectivity index (χ4v) is 4.04. The molecule has 24 heavy (non-hydrogen) atoms. The number of hydrogen-bond acceptors (Lipinski definition) is 4. The summed E-state index contributed by atoms with van der Waals surface area (Å²) in [6.07, 6.45) is 5.63. The van der Waals surface area contributed by atoms with Crippen LogP contribution in [0.25, 0.3) is 0 Å². The van der Waals surface area contributed by atoms with Gasteiger partial charge in [-0.05, 0) is 62.6 Å². The Bertz CT molecular complexity index is 690. The molecule has 2 aliphatic heterocycles. The number of hydrogen-bond donors (Lipinski definition) is 1. The Balaban J connectivity index is 0.00000169. The zero-order valence-corrected chi connectivity index (χ0v) is 14.9. The average molecular weight is 353 g/mol. The van der Waals surface area contributed by atoms with Gasteiger partial charge in [-0.1, -0.05) is 0 Å². The highest BCUT2D eigenvalue weighted by Gasteiger charge is 2.49. The summed E-state index contributed by atoms with van der Waals surface area (Å²) in [6.45, 7) is 5.29. The summed E-state index contributed by atoms with van der Waals surface area (Å²) in [5.74, 6) is 0.811. The predicted octanol–water partition coefficient (Wildman–Crippen LogP) is 2.46. The lowest BCUT2D eigenvalue weighted by atomic mass is 9.95. The average Bonchev–Trinajstić information content (AvgIpc) is 3.16. The van der Waals surface area contributed by atoms with E-state index in [1.54, 1.807) is 0 Å². The lowest BCUT2D eigenvalue weighted by Gasteiger charge is -2.22. The van der Waals surface area contributed by atoms with Crippen LogP contribution in [-0.4, -0.2) is 37.0 Å². The Morgan fingerprint density at radius 2 is 2.17 bits per heavy atom. The van der Waals surface area contributed by atoms with Crippen molar-refractivity contribution in [3.63, 3.8) is 0 Å². The van der Waals surface area contributed by atoms with E-state index in [4.69, 9.17) is 4.42 Å². The van der Waals surface area contributed by atoms with Crippen LogP contribution in [0.1, 0.15) is 59.7 Å².